The van der Waals surface area contributed by atoms with Crippen LogP contribution >= 0.6 is 0 Å². The molecule has 0 bridgehead atoms. The highest BCUT2D eigenvalue weighted by Crippen LogP contribution is 2.33. The normalized spacial score (nSPS) is 17.5. The third-order valence-electron chi connectivity index (χ3n) is 3.28. The van der Waals surface area contributed by atoms with Crippen LogP contribution in [0.15, 0.2) is 4.90 Å². The zero-order chi connectivity index (χ0) is 15.1. The third kappa shape index (κ3) is 2.76. The second kappa shape index (κ2) is 4.92. The van der Waals surface area contributed by atoms with E-state index in [4.69, 9.17) is 5.73 Å². The van der Waals surface area contributed by atoms with Crippen LogP contribution in [0.3, 0.4) is 0 Å². The Morgan fingerprint density at radius 1 is 1.25 bits per heavy atom. The zero-order valence-corrected chi connectivity index (χ0v) is 13.3. The molecule has 0 radical (unpaired) electrons. The number of piperazine rings is 1. The quantitative estimate of drug-likeness (QED) is 0.801. The van der Waals surface area contributed by atoms with Gasteiger partial charge in [-0.15, -0.1) is 0 Å². The molecule has 1 aliphatic heterocycles. The van der Waals surface area contributed by atoms with Gasteiger partial charge in [0.15, 0.2) is 20.6 Å². The summed E-state index contributed by atoms with van der Waals surface area (Å²) in [6, 6.07) is 0. The monoisotopic (exact) mass is 301 g/mol. The molecule has 1 aliphatic rings. The maximum Gasteiger partial charge on any atom is 0.182 e. The summed E-state index contributed by atoms with van der Waals surface area (Å²) in [6.07, 6.45) is 1.18. The number of nitrogens with zero attached hydrogens (tertiary/aromatic N) is 3. The molecule has 0 spiro atoms. The van der Waals surface area contributed by atoms with E-state index in [1.54, 1.807) is 4.68 Å². The second-order valence-corrected chi connectivity index (χ2v) is 8.08. The van der Waals surface area contributed by atoms with E-state index in [9.17, 15) is 8.42 Å². The minimum absolute atomic E-state index is 0.148. The largest absolute Gasteiger partial charge is 0.383 e. The van der Waals surface area contributed by atoms with Crippen molar-refractivity contribution < 1.29 is 8.42 Å². The fourth-order valence-corrected chi connectivity index (χ4v) is 3.32. The van der Waals surface area contributed by atoms with Crippen LogP contribution in [-0.2, 0) is 15.4 Å². The Bertz CT molecular complexity index is 594. The van der Waals surface area contributed by atoms with E-state index in [-0.39, 0.29) is 16.3 Å². The van der Waals surface area contributed by atoms with Crippen molar-refractivity contribution in [2.75, 3.05) is 43.1 Å². The van der Waals surface area contributed by atoms with E-state index in [0.29, 0.717) is 5.82 Å². The van der Waals surface area contributed by atoms with Crippen molar-refractivity contribution in [3.63, 3.8) is 0 Å². The fourth-order valence-electron chi connectivity index (χ4n) is 2.36. The molecule has 1 aromatic heterocycles. The highest BCUT2D eigenvalue weighted by molar-refractivity contribution is 7.91. The zero-order valence-electron chi connectivity index (χ0n) is 12.5. The molecular weight excluding hydrogens is 278 g/mol. The predicted octanol–water partition coefficient (Wildman–Crippen LogP) is 0.0334. The van der Waals surface area contributed by atoms with Gasteiger partial charge in [-0.2, -0.15) is 5.10 Å². The molecular formula is C12H23N5O2S. The Labute approximate surface area is 120 Å². The summed E-state index contributed by atoms with van der Waals surface area (Å²) in [5.41, 5.74) is 5.70. The molecule has 1 aromatic rings. The van der Waals surface area contributed by atoms with Gasteiger partial charge in [0.2, 0.25) is 0 Å². The highest BCUT2D eigenvalue weighted by Gasteiger charge is 2.31. The Hall–Kier alpha value is -1.28. The van der Waals surface area contributed by atoms with Gasteiger partial charge in [-0.25, -0.2) is 13.1 Å². The fraction of sp³-hybridized carbons (Fsp3) is 0.750. The molecule has 1 saturated heterocycles. The first-order chi connectivity index (χ1) is 9.12. The molecule has 3 N–H and O–H groups in total. The average molecular weight is 301 g/mol. The highest BCUT2D eigenvalue weighted by atomic mass is 32.2. The number of nitrogens with one attached hydrogen (secondary N) is 1. The number of nitrogen functional groups attached to an aromatic ring is 1. The van der Waals surface area contributed by atoms with Crippen LogP contribution in [0.1, 0.15) is 20.8 Å². The van der Waals surface area contributed by atoms with Gasteiger partial charge in [0.1, 0.15) is 5.82 Å². The van der Waals surface area contributed by atoms with Crippen molar-refractivity contribution >= 4 is 21.5 Å². The predicted molar refractivity (Wildman–Crippen MR) is 79.8 cm³/mol. The van der Waals surface area contributed by atoms with Gasteiger partial charge in [-0.05, 0) is 20.8 Å². The molecule has 8 heteroatoms. The summed E-state index contributed by atoms with van der Waals surface area (Å²) >= 11 is 0. The first kappa shape index (κ1) is 15.1. The van der Waals surface area contributed by atoms with Gasteiger partial charge >= 0.3 is 0 Å². The maximum absolute atomic E-state index is 12.1. The lowest BCUT2D eigenvalue weighted by Crippen LogP contribution is -2.44. The van der Waals surface area contributed by atoms with Crippen molar-refractivity contribution in [3.05, 3.63) is 0 Å². The van der Waals surface area contributed by atoms with Gasteiger partial charge in [0.25, 0.3) is 0 Å². The number of sulfone groups is 1. The summed E-state index contributed by atoms with van der Waals surface area (Å²) in [5, 5.41) is 7.72. The van der Waals surface area contributed by atoms with E-state index in [1.807, 2.05) is 25.7 Å². The van der Waals surface area contributed by atoms with Crippen LogP contribution in [0.2, 0.25) is 0 Å². The van der Waals surface area contributed by atoms with Crippen molar-refractivity contribution in [1.82, 2.24) is 15.1 Å². The van der Waals surface area contributed by atoms with Crippen LogP contribution in [0.25, 0.3) is 0 Å². The minimum Gasteiger partial charge on any atom is -0.383 e. The molecule has 0 aliphatic carbocycles. The Morgan fingerprint density at radius 3 is 2.25 bits per heavy atom. The van der Waals surface area contributed by atoms with E-state index in [0.717, 1.165) is 26.2 Å². The number of anilines is 2. The average Bonchev–Trinajstić information content (AvgIpc) is 2.67. The third-order valence-corrected chi connectivity index (χ3v) is 4.41. The van der Waals surface area contributed by atoms with Gasteiger partial charge in [0.05, 0.1) is 5.54 Å². The Morgan fingerprint density at radius 2 is 1.80 bits per heavy atom. The van der Waals surface area contributed by atoms with E-state index >= 15 is 0 Å². The number of hydrogen-bond acceptors (Lipinski definition) is 6. The summed E-state index contributed by atoms with van der Waals surface area (Å²) in [7, 11) is -3.42. The number of rotatable bonds is 2. The van der Waals surface area contributed by atoms with E-state index in [2.05, 4.69) is 10.4 Å². The molecule has 0 atom stereocenters. The first-order valence-corrected chi connectivity index (χ1v) is 8.56. The first-order valence-electron chi connectivity index (χ1n) is 6.67. The molecule has 1 fully saturated rings. The van der Waals surface area contributed by atoms with Gasteiger partial charge in [0, 0.05) is 32.4 Å². The number of hydrogen-bond donors (Lipinski definition) is 2. The number of nitrogens with two attached hydrogens (primary N) is 1. The summed E-state index contributed by atoms with van der Waals surface area (Å²) in [6.45, 7) is 8.92. The van der Waals surface area contributed by atoms with Gasteiger partial charge in [-0.3, -0.25) is 0 Å². The van der Waals surface area contributed by atoms with Crippen molar-refractivity contribution in [2.24, 2.45) is 0 Å². The van der Waals surface area contributed by atoms with Crippen molar-refractivity contribution in [3.8, 4) is 0 Å². The number of aromatic nitrogens is 2. The summed E-state index contributed by atoms with van der Waals surface area (Å²) in [5.74, 6) is 0.690. The van der Waals surface area contributed by atoms with Gasteiger partial charge < -0.3 is 16.0 Å². The lowest BCUT2D eigenvalue weighted by molar-refractivity contribution is 0.361. The molecule has 2 heterocycles. The van der Waals surface area contributed by atoms with Crippen molar-refractivity contribution in [2.45, 2.75) is 31.2 Å². The Kier molecular flexibility index (Phi) is 3.72. The molecule has 114 valence electrons. The van der Waals surface area contributed by atoms with Crippen LogP contribution in [0.4, 0.5) is 11.6 Å². The molecule has 0 unspecified atom stereocenters. The second-order valence-electron chi connectivity index (χ2n) is 6.13. The SMILES string of the molecule is CC(C)(C)n1nc(N2CCNCC2)c(S(C)(=O)=O)c1N. The molecule has 7 nitrogen and oxygen atoms in total. The van der Waals surface area contributed by atoms with E-state index in [1.165, 1.54) is 6.26 Å². The summed E-state index contributed by atoms with van der Waals surface area (Å²) in [4.78, 5) is 2.13. The van der Waals surface area contributed by atoms with Crippen LogP contribution in [0, 0.1) is 0 Å². The smallest absolute Gasteiger partial charge is 0.182 e. The van der Waals surface area contributed by atoms with E-state index < -0.39 is 9.84 Å². The summed E-state index contributed by atoms with van der Waals surface area (Å²) < 4.78 is 25.8. The lowest BCUT2D eigenvalue weighted by Gasteiger charge is -2.28. The van der Waals surface area contributed by atoms with Crippen LogP contribution in [-0.4, -0.2) is 50.6 Å². The molecule has 20 heavy (non-hydrogen) atoms. The molecule has 0 saturated carbocycles. The molecule has 0 aromatic carbocycles. The lowest BCUT2D eigenvalue weighted by atomic mass is 10.1. The standard InChI is InChI=1S/C12H23N5O2S/c1-12(2,3)17-10(13)9(20(4,18)19)11(15-17)16-7-5-14-6-8-16/h14H,5-8,13H2,1-4H3. The minimum atomic E-state index is -3.42. The van der Waals surface area contributed by atoms with Crippen molar-refractivity contribution in [1.29, 1.82) is 0 Å². The van der Waals surface area contributed by atoms with Crippen LogP contribution in [0.5, 0.6) is 0 Å². The maximum atomic E-state index is 12.1. The topological polar surface area (TPSA) is 93.2 Å². The van der Waals surface area contributed by atoms with Crippen LogP contribution < -0.4 is 16.0 Å². The molecule has 2 rings (SSSR count). The molecule has 0 amide bonds. The Balaban J connectivity index is 2.60. The van der Waals surface area contributed by atoms with Gasteiger partial charge in [-0.1, -0.05) is 0 Å².